The fraction of sp³-hybridized carbons (Fsp3) is 0.333. The van der Waals surface area contributed by atoms with Crippen molar-refractivity contribution < 1.29 is 9.83 Å². The minimum Gasteiger partial charge on any atom is -0.349 e. The van der Waals surface area contributed by atoms with E-state index in [9.17, 15) is 14.9 Å². The van der Waals surface area contributed by atoms with Crippen molar-refractivity contribution in [2.45, 2.75) is 0 Å². The van der Waals surface area contributed by atoms with Gasteiger partial charge >= 0.3 is 0 Å². The number of nitrogens with zero attached hydrogens (tertiary/aromatic N) is 3. The smallest absolute Gasteiger partial charge is 0.275 e. The maximum atomic E-state index is 10.0. The molecule has 7 heteroatoms. The van der Waals surface area contributed by atoms with Crippen molar-refractivity contribution in [1.82, 2.24) is 10.2 Å². The van der Waals surface area contributed by atoms with E-state index >= 15 is 0 Å². The Labute approximate surface area is 73.9 Å². The quantitative estimate of drug-likeness (QED) is 0.267. The highest BCUT2D eigenvalue weighted by atomic mass is 16.7. The van der Waals surface area contributed by atoms with Gasteiger partial charge in [0.1, 0.15) is 11.4 Å². The molecular weight excluding hydrogens is 176 g/mol. The highest BCUT2D eigenvalue weighted by molar-refractivity contribution is 5.82. The number of hydrogen-bond acceptors (Lipinski definition) is 3. The fourth-order valence-electron chi connectivity index (χ4n) is 0.950. The maximum Gasteiger partial charge on any atom is 0.275 e. The summed E-state index contributed by atoms with van der Waals surface area (Å²) in [7, 11) is 0. The van der Waals surface area contributed by atoms with Crippen LogP contribution >= 0.6 is 0 Å². The molecule has 1 fully saturated rings. The molecular formula is C6H8N4O3. The molecule has 0 aliphatic carbocycles. The summed E-state index contributed by atoms with van der Waals surface area (Å²) in [5.41, 5.74) is 0. The Morgan fingerprint density at radius 2 is 2.46 bits per heavy atom. The van der Waals surface area contributed by atoms with Gasteiger partial charge in [0.2, 0.25) is 0 Å². The van der Waals surface area contributed by atoms with Crippen molar-refractivity contribution in [3.8, 4) is 0 Å². The van der Waals surface area contributed by atoms with E-state index in [-0.39, 0.29) is 5.96 Å². The van der Waals surface area contributed by atoms with Gasteiger partial charge in [-0.2, -0.15) is 0 Å². The average Bonchev–Trinajstić information content (AvgIpc) is 2.48. The van der Waals surface area contributed by atoms with Gasteiger partial charge in [-0.25, -0.2) is 10.1 Å². The highest BCUT2D eigenvalue weighted by Crippen LogP contribution is 1.97. The van der Waals surface area contributed by atoms with Crippen LogP contribution in [0.1, 0.15) is 0 Å². The molecule has 0 aromatic rings. The second-order valence-corrected chi connectivity index (χ2v) is 2.26. The van der Waals surface area contributed by atoms with E-state index in [1.165, 1.54) is 17.2 Å². The van der Waals surface area contributed by atoms with E-state index in [4.69, 9.17) is 0 Å². The first-order chi connectivity index (χ1) is 6.24. The molecule has 7 nitrogen and oxygen atoms in total. The molecule has 1 heterocycles. The third kappa shape index (κ3) is 2.55. The minimum atomic E-state index is -0.782. The van der Waals surface area contributed by atoms with Crippen LogP contribution in [0.3, 0.4) is 0 Å². The predicted molar refractivity (Wildman–Crippen MR) is 44.3 cm³/mol. The average molecular weight is 184 g/mol. The zero-order valence-electron chi connectivity index (χ0n) is 6.71. The normalized spacial score (nSPS) is 19.4. The number of nitro groups is 1. The molecule has 1 N–H and O–H groups in total. The van der Waals surface area contributed by atoms with Gasteiger partial charge < -0.3 is 10.2 Å². The lowest BCUT2D eigenvalue weighted by atomic mass is 10.6. The third-order valence-corrected chi connectivity index (χ3v) is 1.43. The van der Waals surface area contributed by atoms with Crippen molar-refractivity contribution in [2.75, 3.05) is 13.1 Å². The van der Waals surface area contributed by atoms with Crippen molar-refractivity contribution in [1.29, 1.82) is 0 Å². The van der Waals surface area contributed by atoms with Crippen LogP contribution in [-0.4, -0.2) is 35.3 Å². The van der Waals surface area contributed by atoms with Gasteiger partial charge in [0.05, 0.1) is 0 Å². The van der Waals surface area contributed by atoms with Crippen LogP contribution in [0.2, 0.25) is 0 Å². The molecule has 0 spiro atoms. The summed E-state index contributed by atoms with van der Waals surface area (Å²) < 4.78 is 0. The predicted octanol–water partition coefficient (Wildman–Crippen LogP) is -0.848. The summed E-state index contributed by atoms with van der Waals surface area (Å²) in [5.74, 6) is 0.156. The zero-order valence-corrected chi connectivity index (χ0v) is 6.71. The molecule has 0 aromatic heterocycles. The molecule has 1 saturated heterocycles. The van der Waals surface area contributed by atoms with Crippen molar-refractivity contribution in [3.63, 3.8) is 0 Å². The third-order valence-electron chi connectivity index (χ3n) is 1.43. The summed E-state index contributed by atoms with van der Waals surface area (Å²) in [6, 6.07) is 0. The summed E-state index contributed by atoms with van der Waals surface area (Å²) in [5, 5.41) is 15.1. The van der Waals surface area contributed by atoms with Crippen LogP contribution in [0, 0.1) is 10.1 Å². The number of carbonyl (C=O) groups is 1. The van der Waals surface area contributed by atoms with Crippen molar-refractivity contribution in [2.24, 2.45) is 5.10 Å². The molecule has 0 atom stereocenters. The number of hydrazone groups is 1. The lowest BCUT2D eigenvalue weighted by molar-refractivity contribution is -0.485. The summed E-state index contributed by atoms with van der Waals surface area (Å²) in [6.07, 6.45) is 3.29. The largest absolute Gasteiger partial charge is 0.349 e. The van der Waals surface area contributed by atoms with Gasteiger partial charge in [-0.3, -0.25) is 4.79 Å². The van der Waals surface area contributed by atoms with Gasteiger partial charge in [0.15, 0.2) is 5.03 Å². The summed E-state index contributed by atoms with van der Waals surface area (Å²) in [6.45, 7) is 1.15. The van der Waals surface area contributed by atoms with Crippen LogP contribution in [0.5, 0.6) is 0 Å². The number of nitrogens with one attached hydrogen (secondary N) is 1. The van der Waals surface area contributed by atoms with Crippen LogP contribution in [0.4, 0.5) is 0 Å². The Bertz CT molecular complexity index is 273. The molecule has 0 unspecified atom stereocenters. The highest BCUT2D eigenvalue weighted by Gasteiger charge is 2.18. The first-order valence-corrected chi connectivity index (χ1v) is 3.59. The van der Waals surface area contributed by atoms with Gasteiger partial charge in [0.25, 0.3) is 5.96 Å². The molecule has 0 saturated carbocycles. The molecule has 1 rings (SSSR count). The van der Waals surface area contributed by atoms with Gasteiger partial charge in [-0.1, -0.05) is 0 Å². The Balaban J connectivity index is 2.68. The number of aldehydes is 1. The van der Waals surface area contributed by atoms with E-state index in [0.29, 0.717) is 19.4 Å². The van der Waals surface area contributed by atoms with Crippen LogP contribution in [-0.2, 0) is 4.79 Å². The van der Waals surface area contributed by atoms with E-state index in [0.717, 1.165) is 0 Å². The van der Waals surface area contributed by atoms with Gasteiger partial charge in [-0.15, -0.1) is 0 Å². The van der Waals surface area contributed by atoms with Gasteiger partial charge in [-0.05, 0) is 6.08 Å². The summed E-state index contributed by atoms with van der Waals surface area (Å²) >= 11 is 0. The second-order valence-electron chi connectivity index (χ2n) is 2.26. The second kappa shape index (κ2) is 4.19. The van der Waals surface area contributed by atoms with Crippen LogP contribution < -0.4 is 5.32 Å². The molecule has 70 valence electrons. The fourth-order valence-corrected chi connectivity index (χ4v) is 0.950. The maximum absolute atomic E-state index is 10.0. The number of guanidine groups is 1. The first-order valence-electron chi connectivity index (χ1n) is 3.59. The Morgan fingerprint density at radius 3 is 3.08 bits per heavy atom. The van der Waals surface area contributed by atoms with E-state index in [1.54, 1.807) is 0 Å². The van der Waals surface area contributed by atoms with Gasteiger partial charge in [0, 0.05) is 19.3 Å². The van der Waals surface area contributed by atoms with E-state index in [1.807, 2.05) is 0 Å². The molecule has 0 aromatic carbocycles. The zero-order chi connectivity index (χ0) is 9.68. The Hall–Kier alpha value is -1.92. The van der Waals surface area contributed by atoms with Crippen LogP contribution in [0.15, 0.2) is 17.4 Å². The summed E-state index contributed by atoms with van der Waals surface area (Å²) in [4.78, 5) is 21.5. The van der Waals surface area contributed by atoms with E-state index in [2.05, 4.69) is 10.4 Å². The molecule has 13 heavy (non-hydrogen) atoms. The van der Waals surface area contributed by atoms with E-state index < -0.39 is 5.03 Å². The molecule has 0 bridgehead atoms. The SMILES string of the molecule is O=C/C=C/N1CCN/C1=N\[N+](=O)[O-]. The lowest BCUT2D eigenvalue weighted by Crippen LogP contribution is -2.26. The first kappa shape index (κ1) is 9.17. The number of carbonyl (C=O) groups excluding carboxylic acids is 1. The lowest BCUT2D eigenvalue weighted by Gasteiger charge is -2.07. The topological polar surface area (TPSA) is 87.8 Å². The molecule has 0 amide bonds. The molecule has 1 aliphatic heterocycles. The molecule has 0 radical (unpaired) electrons. The van der Waals surface area contributed by atoms with Crippen LogP contribution in [0.25, 0.3) is 0 Å². The van der Waals surface area contributed by atoms with Crippen molar-refractivity contribution >= 4 is 12.2 Å². The monoisotopic (exact) mass is 184 g/mol. The Kier molecular flexibility index (Phi) is 2.96. The Morgan fingerprint density at radius 1 is 1.69 bits per heavy atom. The molecule has 1 aliphatic rings. The number of hydrogen-bond donors (Lipinski definition) is 1. The van der Waals surface area contributed by atoms with Crippen molar-refractivity contribution in [3.05, 3.63) is 22.4 Å². The number of allylic oxidation sites excluding steroid dienone is 1. The standard InChI is InChI=1S/C6H8N4O3/c11-5-1-3-9-4-2-7-6(9)8-10(12)13/h1,3,5H,2,4H2,(H,7,8)/b3-1+. The number of rotatable bonds is 3. The minimum absolute atomic E-state index is 0.156.